The Morgan fingerprint density at radius 3 is 2.66 bits per heavy atom. The van der Waals surface area contributed by atoms with Gasteiger partial charge in [0.05, 0.1) is 35.3 Å². The number of hydrogen-bond donors (Lipinski definition) is 2. The minimum atomic E-state index is 0.478. The lowest BCUT2D eigenvalue weighted by Gasteiger charge is -2.14. The molecule has 0 aliphatic heterocycles. The topological polar surface area (TPSA) is 92.3 Å². The number of rotatable bonds is 4. The summed E-state index contributed by atoms with van der Waals surface area (Å²) in [5, 5.41) is 3.38. The summed E-state index contributed by atoms with van der Waals surface area (Å²) in [7, 11) is 0. The molecule has 0 unspecified atom stereocenters. The number of imidazole rings is 1. The Morgan fingerprint density at radius 2 is 1.76 bits per heavy atom. The van der Waals surface area contributed by atoms with Gasteiger partial charge in [-0.3, -0.25) is 0 Å². The van der Waals surface area contributed by atoms with E-state index in [4.69, 9.17) is 9.97 Å². The number of benzene rings is 2. The number of hydrogen-bond acceptors (Lipinski definition) is 6. The van der Waals surface area contributed by atoms with E-state index >= 15 is 0 Å². The van der Waals surface area contributed by atoms with Gasteiger partial charge in [0.1, 0.15) is 11.8 Å². The maximum Gasteiger partial charge on any atom is 0.182 e. The molecule has 0 radical (unpaired) electrons. The van der Waals surface area contributed by atoms with Crippen LogP contribution in [-0.4, -0.2) is 29.9 Å². The highest BCUT2D eigenvalue weighted by Gasteiger charge is 2.15. The second-order valence-corrected chi connectivity index (χ2v) is 6.95. The zero-order valence-electron chi connectivity index (χ0n) is 16.1. The normalized spacial score (nSPS) is 11.2. The summed E-state index contributed by atoms with van der Waals surface area (Å²) in [5.74, 6) is 0.690. The summed E-state index contributed by atoms with van der Waals surface area (Å²) in [6, 6.07) is 14.3. The molecule has 0 saturated carbocycles. The Labute approximate surface area is 167 Å². The first-order valence-electron chi connectivity index (χ1n) is 9.41. The zero-order valence-corrected chi connectivity index (χ0v) is 16.1. The molecule has 2 aromatic carbocycles. The molecule has 3 heterocycles. The van der Waals surface area contributed by atoms with Crippen molar-refractivity contribution in [2.45, 2.75) is 20.4 Å². The first kappa shape index (κ1) is 17.2. The smallest absolute Gasteiger partial charge is 0.182 e. The minimum absolute atomic E-state index is 0.478. The van der Waals surface area contributed by atoms with Gasteiger partial charge in [0.2, 0.25) is 0 Å². The highest BCUT2D eigenvalue weighted by molar-refractivity contribution is 5.83. The summed E-state index contributed by atoms with van der Waals surface area (Å²) < 4.78 is 0. The van der Waals surface area contributed by atoms with Gasteiger partial charge in [-0.25, -0.2) is 24.9 Å². The van der Waals surface area contributed by atoms with Crippen LogP contribution in [0.15, 0.2) is 55.1 Å². The minimum Gasteiger partial charge on any atom is -0.362 e. The number of fused-ring (bicyclic) bond motifs is 2. The van der Waals surface area contributed by atoms with E-state index in [2.05, 4.69) is 57.3 Å². The van der Waals surface area contributed by atoms with Gasteiger partial charge < -0.3 is 10.3 Å². The number of aryl methyl sites for hydroxylation is 2. The lowest BCUT2D eigenvalue weighted by Crippen LogP contribution is -2.08. The molecule has 0 saturated heterocycles. The highest BCUT2D eigenvalue weighted by Crippen LogP contribution is 2.28. The van der Waals surface area contributed by atoms with Crippen LogP contribution in [0, 0.1) is 13.8 Å². The maximum atomic E-state index is 4.98. The van der Waals surface area contributed by atoms with Gasteiger partial charge in [-0.05, 0) is 31.0 Å². The van der Waals surface area contributed by atoms with Crippen LogP contribution in [0.5, 0.6) is 0 Å². The number of aromatic amines is 1. The van der Waals surface area contributed by atoms with Crippen molar-refractivity contribution in [1.82, 2.24) is 29.9 Å². The Balaban J connectivity index is 1.63. The van der Waals surface area contributed by atoms with E-state index in [9.17, 15) is 0 Å². The van der Waals surface area contributed by atoms with Crippen molar-refractivity contribution < 1.29 is 0 Å². The average molecular weight is 381 g/mol. The molecular weight excluding hydrogens is 362 g/mol. The van der Waals surface area contributed by atoms with Gasteiger partial charge >= 0.3 is 0 Å². The molecule has 0 amide bonds. The van der Waals surface area contributed by atoms with Crippen molar-refractivity contribution in [2.24, 2.45) is 0 Å². The van der Waals surface area contributed by atoms with Crippen molar-refractivity contribution in [1.29, 1.82) is 0 Å². The Morgan fingerprint density at radius 1 is 0.897 bits per heavy atom. The van der Waals surface area contributed by atoms with E-state index in [-0.39, 0.29) is 0 Å². The molecular formula is C22H19N7. The number of aromatic nitrogens is 6. The van der Waals surface area contributed by atoms with Crippen LogP contribution in [0.2, 0.25) is 0 Å². The molecule has 29 heavy (non-hydrogen) atoms. The third-order valence-corrected chi connectivity index (χ3v) is 5.02. The van der Waals surface area contributed by atoms with Gasteiger partial charge in [0.15, 0.2) is 11.5 Å². The highest BCUT2D eigenvalue weighted by atomic mass is 15.1. The summed E-state index contributed by atoms with van der Waals surface area (Å²) >= 11 is 0. The van der Waals surface area contributed by atoms with Gasteiger partial charge in [-0.2, -0.15) is 0 Å². The molecule has 0 fully saturated rings. The van der Waals surface area contributed by atoms with Crippen molar-refractivity contribution in [3.63, 3.8) is 0 Å². The number of anilines is 1. The van der Waals surface area contributed by atoms with E-state index in [1.165, 1.54) is 6.33 Å². The molecule has 3 aromatic heterocycles. The summed E-state index contributed by atoms with van der Waals surface area (Å²) in [4.78, 5) is 25.7. The third-order valence-electron chi connectivity index (χ3n) is 5.02. The lowest BCUT2D eigenvalue weighted by molar-refractivity contribution is 1.02. The van der Waals surface area contributed by atoms with Crippen LogP contribution in [0.1, 0.15) is 16.8 Å². The van der Waals surface area contributed by atoms with Crippen LogP contribution in [0.4, 0.5) is 5.82 Å². The van der Waals surface area contributed by atoms with Crippen molar-refractivity contribution in [3.8, 4) is 11.3 Å². The molecule has 142 valence electrons. The van der Waals surface area contributed by atoms with Crippen molar-refractivity contribution in [2.75, 3.05) is 5.32 Å². The predicted molar refractivity (Wildman–Crippen MR) is 113 cm³/mol. The summed E-state index contributed by atoms with van der Waals surface area (Å²) in [6.45, 7) is 4.62. The number of para-hydroxylation sites is 1. The van der Waals surface area contributed by atoms with Gasteiger partial charge in [-0.1, -0.05) is 36.4 Å². The number of nitrogens with one attached hydrogen (secondary N) is 2. The van der Waals surface area contributed by atoms with Gasteiger partial charge in [0, 0.05) is 5.56 Å². The Bertz CT molecular complexity index is 1340. The molecule has 2 N–H and O–H groups in total. The molecule has 0 bridgehead atoms. The number of nitrogens with zero attached hydrogens (tertiary/aromatic N) is 5. The summed E-state index contributed by atoms with van der Waals surface area (Å²) in [5.41, 5.74) is 8.29. The van der Waals surface area contributed by atoms with E-state index in [1.54, 1.807) is 6.33 Å². The molecule has 0 aliphatic carbocycles. The fraction of sp³-hybridized carbons (Fsp3) is 0.136. The predicted octanol–water partition coefficient (Wildman–Crippen LogP) is 4.19. The molecule has 0 atom stereocenters. The zero-order chi connectivity index (χ0) is 19.8. The fourth-order valence-electron chi connectivity index (χ4n) is 3.50. The second-order valence-electron chi connectivity index (χ2n) is 6.95. The summed E-state index contributed by atoms with van der Waals surface area (Å²) in [6.07, 6.45) is 3.12. The Hall–Kier alpha value is -3.87. The monoisotopic (exact) mass is 381 g/mol. The molecule has 5 aromatic rings. The molecule has 7 heteroatoms. The molecule has 5 rings (SSSR count). The van der Waals surface area contributed by atoms with Crippen molar-refractivity contribution in [3.05, 3.63) is 71.9 Å². The first-order valence-corrected chi connectivity index (χ1v) is 9.41. The quantitative estimate of drug-likeness (QED) is 0.485. The van der Waals surface area contributed by atoms with E-state index in [1.807, 2.05) is 24.3 Å². The van der Waals surface area contributed by atoms with E-state index in [0.717, 1.165) is 44.6 Å². The van der Waals surface area contributed by atoms with E-state index < -0.39 is 0 Å². The molecule has 0 aliphatic rings. The van der Waals surface area contributed by atoms with Crippen LogP contribution in [0.25, 0.3) is 33.5 Å². The number of H-pyrrole nitrogens is 1. The van der Waals surface area contributed by atoms with E-state index in [0.29, 0.717) is 18.0 Å². The van der Waals surface area contributed by atoms with Gasteiger partial charge in [0.25, 0.3) is 0 Å². The average Bonchev–Trinajstić information content (AvgIpc) is 3.22. The fourth-order valence-corrected chi connectivity index (χ4v) is 3.50. The van der Waals surface area contributed by atoms with Crippen LogP contribution >= 0.6 is 0 Å². The largest absolute Gasteiger partial charge is 0.362 e. The van der Waals surface area contributed by atoms with Gasteiger partial charge in [-0.15, -0.1) is 0 Å². The maximum absolute atomic E-state index is 4.98. The Kier molecular flexibility index (Phi) is 4.13. The van der Waals surface area contributed by atoms with Crippen LogP contribution < -0.4 is 5.32 Å². The third kappa shape index (κ3) is 3.06. The second kappa shape index (κ2) is 6.94. The van der Waals surface area contributed by atoms with Crippen LogP contribution in [-0.2, 0) is 6.54 Å². The van der Waals surface area contributed by atoms with Crippen molar-refractivity contribution >= 4 is 28.0 Å². The standard InChI is InChI=1S/C22H19N7/c1-13-6-3-4-8-15(13)19-17(29-18-14(2)7-5-9-16(18)28-19)10-23-21-20-22(25-11-24-20)27-12-26-21/h3-9,11-12H,10H2,1-2H3,(H2,23,24,25,26,27). The molecule has 0 spiro atoms. The first-order chi connectivity index (χ1) is 14.2. The lowest BCUT2D eigenvalue weighted by atomic mass is 10.0. The molecule has 7 nitrogen and oxygen atoms in total. The SMILES string of the molecule is Cc1ccccc1-c1nc2cccc(C)c2nc1CNc1ncnc2nc[nH]c12. The van der Waals surface area contributed by atoms with Crippen LogP contribution in [0.3, 0.4) is 0 Å².